The number of carbonyl (C=O) groups is 1. The van der Waals surface area contributed by atoms with Crippen LogP contribution in [0.4, 0.5) is 11.4 Å². The number of aromatic nitrogens is 2. The van der Waals surface area contributed by atoms with Crippen molar-refractivity contribution in [3.8, 4) is 0 Å². The summed E-state index contributed by atoms with van der Waals surface area (Å²) >= 11 is 0. The van der Waals surface area contributed by atoms with Gasteiger partial charge in [0.25, 0.3) is 0 Å². The first-order valence-electron chi connectivity index (χ1n) is 7.87. The highest BCUT2D eigenvalue weighted by atomic mass is 16.2. The first-order valence-corrected chi connectivity index (χ1v) is 7.87. The van der Waals surface area contributed by atoms with E-state index in [1.54, 1.807) is 6.20 Å². The van der Waals surface area contributed by atoms with E-state index in [4.69, 9.17) is 0 Å². The van der Waals surface area contributed by atoms with Crippen molar-refractivity contribution < 1.29 is 4.79 Å². The lowest BCUT2D eigenvalue weighted by atomic mass is 10.0. The third-order valence-electron chi connectivity index (χ3n) is 4.09. The number of hydrogen-bond acceptors (Lipinski definition) is 3. The van der Waals surface area contributed by atoms with E-state index in [1.807, 2.05) is 47.8 Å². The highest BCUT2D eigenvalue weighted by molar-refractivity contribution is 5.99. The zero-order valence-corrected chi connectivity index (χ0v) is 13.1. The fourth-order valence-electron chi connectivity index (χ4n) is 2.92. The SMILES string of the molecule is CCn1cc(N[C@@H](C)C(=O)N2CCCc3ccccc32)cn1. The molecule has 0 saturated carbocycles. The summed E-state index contributed by atoms with van der Waals surface area (Å²) in [4.78, 5) is 14.7. The monoisotopic (exact) mass is 298 g/mol. The molecule has 0 unspecified atom stereocenters. The van der Waals surface area contributed by atoms with Crippen LogP contribution in [0.3, 0.4) is 0 Å². The maximum absolute atomic E-state index is 12.8. The van der Waals surface area contributed by atoms with Gasteiger partial charge in [0.2, 0.25) is 5.91 Å². The topological polar surface area (TPSA) is 50.2 Å². The molecule has 1 amide bonds. The average molecular weight is 298 g/mol. The number of nitrogens with one attached hydrogen (secondary N) is 1. The lowest BCUT2D eigenvalue weighted by molar-refractivity contribution is -0.119. The number of fused-ring (bicyclic) bond motifs is 1. The molecule has 0 spiro atoms. The van der Waals surface area contributed by atoms with Crippen molar-refractivity contribution in [1.29, 1.82) is 0 Å². The molecule has 0 saturated heterocycles. The van der Waals surface area contributed by atoms with Gasteiger partial charge < -0.3 is 10.2 Å². The number of hydrogen-bond donors (Lipinski definition) is 1. The van der Waals surface area contributed by atoms with Crippen LogP contribution in [-0.4, -0.2) is 28.3 Å². The molecule has 5 nitrogen and oxygen atoms in total. The first kappa shape index (κ1) is 14.6. The lowest BCUT2D eigenvalue weighted by Crippen LogP contribution is -2.44. The Kier molecular flexibility index (Phi) is 4.13. The van der Waals surface area contributed by atoms with E-state index in [-0.39, 0.29) is 11.9 Å². The van der Waals surface area contributed by atoms with Gasteiger partial charge in [-0.3, -0.25) is 9.48 Å². The van der Waals surface area contributed by atoms with Crippen LogP contribution in [-0.2, 0) is 17.8 Å². The van der Waals surface area contributed by atoms with Gasteiger partial charge in [0.05, 0.1) is 11.9 Å². The Bertz CT molecular complexity index is 664. The summed E-state index contributed by atoms with van der Waals surface area (Å²) in [6.07, 6.45) is 5.75. The maximum Gasteiger partial charge on any atom is 0.249 e. The predicted molar refractivity (Wildman–Crippen MR) is 88.1 cm³/mol. The second kappa shape index (κ2) is 6.22. The van der Waals surface area contributed by atoms with E-state index in [0.717, 1.165) is 37.3 Å². The first-order chi connectivity index (χ1) is 10.7. The number of para-hydroxylation sites is 1. The standard InChI is InChI=1S/C17H22N4O/c1-3-20-12-15(11-18-20)19-13(2)17(22)21-10-6-8-14-7-4-5-9-16(14)21/h4-5,7,9,11-13,19H,3,6,8,10H2,1-2H3/t13-/m0/s1. The van der Waals surface area contributed by atoms with Crippen LogP contribution in [0.5, 0.6) is 0 Å². The molecule has 0 aliphatic carbocycles. The minimum Gasteiger partial charge on any atom is -0.371 e. The van der Waals surface area contributed by atoms with Gasteiger partial charge in [0, 0.05) is 25.0 Å². The minimum absolute atomic E-state index is 0.108. The van der Waals surface area contributed by atoms with Gasteiger partial charge in [0.15, 0.2) is 0 Å². The summed E-state index contributed by atoms with van der Waals surface area (Å²) in [5.41, 5.74) is 3.19. The number of amides is 1. The molecule has 5 heteroatoms. The van der Waals surface area contributed by atoms with E-state index in [2.05, 4.69) is 16.5 Å². The molecule has 1 aromatic carbocycles. The van der Waals surface area contributed by atoms with Crippen molar-refractivity contribution in [2.75, 3.05) is 16.8 Å². The summed E-state index contributed by atoms with van der Waals surface area (Å²) < 4.78 is 1.84. The van der Waals surface area contributed by atoms with Gasteiger partial charge in [-0.2, -0.15) is 5.10 Å². The Labute approximate surface area is 130 Å². The fourth-order valence-corrected chi connectivity index (χ4v) is 2.92. The van der Waals surface area contributed by atoms with Crippen molar-refractivity contribution in [1.82, 2.24) is 9.78 Å². The van der Waals surface area contributed by atoms with E-state index >= 15 is 0 Å². The molecule has 0 bridgehead atoms. The molecule has 0 radical (unpaired) electrons. The third-order valence-corrected chi connectivity index (χ3v) is 4.09. The van der Waals surface area contributed by atoms with Gasteiger partial charge in [-0.05, 0) is 38.3 Å². The van der Waals surface area contributed by atoms with Gasteiger partial charge in [-0.1, -0.05) is 18.2 Å². The molecule has 2 heterocycles. The Morgan fingerprint density at radius 3 is 3.00 bits per heavy atom. The molecule has 1 N–H and O–H groups in total. The molecule has 1 atom stereocenters. The van der Waals surface area contributed by atoms with Gasteiger partial charge in [-0.15, -0.1) is 0 Å². The molecular formula is C17H22N4O. The van der Waals surface area contributed by atoms with E-state index in [0.29, 0.717) is 0 Å². The predicted octanol–water partition coefficient (Wildman–Crippen LogP) is 2.68. The third kappa shape index (κ3) is 2.84. The highest BCUT2D eigenvalue weighted by Gasteiger charge is 2.26. The van der Waals surface area contributed by atoms with Crippen molar-refractivity contribution in [3.05, 3.63) is 42.2 Å². The van der Waals surface area contributed by atoms with Gasteiger partial charge >= 0.3 is 0 Å². The van der Waals surface area contributed by atoms with Crippen molar-refractivity contribution in [2.24, 2.45) is 0 Å². The average Bonchev–Trinajstić information content (AvgIpc) is 3.01. The zero-order chi connectivity index (χ0) is 15.5. The number of nitrogens with zero attached hydrogens (tertiary/aromatic N) is 3. The number of carbonyl (C=O) groups excluding carboxylic acids is 1. The van der Waals surface area contributed by atoms with E-state index in [9.17, 15) is 4.79 Å². The normalized spacial score (nSPS) is 15.3. The Hall–Kier alpha value is -2.30. The van der Waals surface area contributed by atoms with E-state index in [1.165, 1.54) is 5.56 Å². The zero-order valence-electron chi connectivity index (χ0n) is 13.1. The Balaban J connectivity index is 1.73. The fraction of sp³-hybridized carbons (Fsp3) is 0.412. The largest absolute Gasteiger partial charge is 0.371 e. The van der Waals surface area contributed by atoms with Crippen molar-refractivity contribution in [3.63, 3.8) is 0 Å². The van der Waals surface area contributed by atoms with Crippen LogP contribution in [0, 0.1) is 0 Å². The maximum atomic E-state index is 12.8. The second-order valence-corrected chi connectivity index (χ2v) is 5.67. The second-order valence-electron chi connectivity index (χ2n) is 5.67. The Morgan fingerprint density at radius 1 is 1.41 bits per heavy atom. The molecule has 22 heavy (non-hydrogen) atoms. The lowest BCUT2D eigenvalue weighted by Gasteiger charge is -2.31. The highest BCUT2D eigenvalue weighted by Crippen LogP contribution is 2.27. The number of anilines is 2. The Morgan fingerprint density at radius 2 is 2.23 bits per heavy atom. The molecule has 1 aliphatic rings. The van der Waals surface area contributed by atoms with Crippen molar-refractivity contribution >= 4 is 17.3 Å². The van der Waals surface area contributed by atoms with Gasteiger partial charge in [-0.25, -0.2) is 0 Å². The molecule has 0 fully saturated rings. The summed E-state index contributed by atoms with van der Waals surface area (Å²) in [5.74, 6) is 0.108. The van der Waals surface area contributed by atoms with Crippen LogP contribution in [0.1, 0.15) is 25.8 Å². The number of aryl methyl sites for hydroxylation is 2. The van der Waals surface area contributed by atoms with Crippen molar-refractivity contribution in [2.45, 2.75) is 39.3 Å². The molecule has 1 aromatic heterocycles. The molecule has 1 aliphatic heterocycles. The minimum atomic E-state index is -0.277. The van der Waals surface area contributed by atoms with Crippen LogP contribution in [0.25, 0.3) is 0 Å². The summed E-state index contributed by atoms with van der Waals surface area (Å²) in [5, 5.41) is 7.47. The van der Waals surface area contributed by atoms with Gasteiger partial charge in [0.1, 0.15) is 6.04 Å². The smallest absolute Gasteiger partial charge is 0.249 e. The molecule has 2 aromatic rings. The van der Waals surface area contributed by atoms with Crippen LogP contribution in [0.2, 0.25) is 0 Å². The number of rotatable bonds is 4. The van der Waals surface area contributed by atoms with Crippen LogP contribution >= 0.6 is 0 Å². The molecular weight excluding hydrogens is 276 g/mol. The van der Waals surface area contributed by atoms with Crippen LogP contribution < -0.4 is 10.2 Å². The van der Waals surface area contributed by atoms with Crippen LogP contribution in [0.15, 0.2) is 36.7 Å². The van der Waals surface area contributed by atoms with E-state index < -0.39 is 0 Å². The summed E-state index contributed by atoms with van der Waals surface area (Å²) in [7, 11) is 0. The summed E-state index contributed by atoms with van der Waals surface area (Å²) in [6, 6.07) is 7.90. The molecule has 3 rings (SSSR count). The summed E-state index contributed by atoms with van der Waals surface area (Å²) in [6.45, 7) is 5.55. The molecule has 116 valence electrons. The number of benzene rings is 1. The quantitative estimate of drug-likeness (QED) is 0.944.